The van der Waals surface area contributed by atoms with Gasteiger partial charge in [-0.05, 0) is 32.1 Å². The van der Waals surface area contributed by atoms with Crippen molar-refractivity contribution < 1.29 is 14.7 Å². The molecule has 2 fully saturated rings. The average molecular weight is 250 g/mol. The van der Waals surface area contributed by atoms with Crippen molar-refractivity contribution >= 4 is 11.9 Å². The topological polar surface area (TPSA) is 90.2 Å². The van der Waals surface area contributed by atoms with Crippen LogP contribution in [-0.4, -0.2) is 23.0 Å². The molecule has 0 bridgehead atoms. The maximum Gasteiger partial charge on any atom is 0.306 e. The number of carbonyl (C=O) groups excluding carboxylic acids is 1. The summed E-state index contributed by atoms with van der Waals surface area (Å²) in [6.45, 7) is 0. The Morgan fingerprint density at radius 1 is 1.28 bits per heavy atom. The molecule has 2 N–H and O–H groups in total. The smallest absolute Gasteiger partial charge is 0.306 e. The molecular weight excluding hydrogens is 232 g/mol. The lowest BCUT2D eigenvalue weighted by molar-refractivity contribution is -0.141. The van der Waals surface area contributed by atoms with E-state index in [4.69, 9.17) is 5.11 Å². The van der Waals surface area contributed by atoms with Crippen molar-refractivity contribution in [2.75, 3.05) is 0 Å². The van der Waals surface area contributed by atoms with Gasteiger partial charge in [-0.1, -0.05) is 12.8 Å². The van der Waals surface area contributed by atoms with Crippen LogP contribution in [-0.2, 0) is 9.59 Å². The van der Waals surface area contributed by atoms with Crippen molar-refractivity contribution in [1.29, 1.82) is 5.26 Å². The fraction of sp³-hybridized carbons (Fsp3) is 0.769. The lowest BCUT2D eigenvalue weighted by Gasteiger charge is -2.22. The fourth-order valence-electron chi connectivity index (χ4n) is 3.03. The van der Waals surface area contributed by atoms with Crippen LogP contribution in [0.25, 0.3) is 0 Å². The number of carboxylic acids is 1. The second-order valence-corrected chi connectivity index (χ2v) is 5.42. The minimum Gasteiger partial charge on any atom is -0.481 e. The summed E-state index contributed by atoms with van der Waals surface area (Å²) in [6.07, 6.45) is 4.90. The van der Waals surface area contributed by atoms with Crippen LogP contribution in [0.1, 0.15) is 44.9 Å². The van der Waals surface area contributed by atoms with Gasteiger partial charge < -0.3 is 10.4 Å². The molecular formula is C13H18N2O3. The van der Waals surface area contributed by atoms with E-state index >= 15 is 0 Å². The van der Waals surface area contributed by atoms with Crippen LogP contribution in [0.15, 0.2) is 0 Å². The zero-order valence-corrected chi connectivity index (χ0v) is 10.3. The first-order valence-corrected chi connectivity index (χ1v) is 6.52. The number of nitriles is 1. The van der Waals surface area contributed by atoms with E-state index in [2.05, 4.69) is 11.4 Å². The molecule has 2 atom stereocenters. The highest BCUT2D eigenvalue weighted by molar-refractivity contribution is 5.86. The molecule has 0 aromatic heterocycles. The third-order valence-electron chi connectivity index (χ3n) is 4.22. The Labute approximate surface area is 106 Å². The van der Waals surface area contributed by atoms with E-state index in [1.54, 1.807) is 0 Å². The highest BCUT2D eigenvalue weighted by atomic mass is 16.4. The van der Waals surface area contributed by atoms with Crippen LogP contribution in [0.4, 0.5) is 0 Å². The Kier molecular flexibility index (Phi) is 3.55. The zero-order valence-electron chi connectivity index (χ0n) is 10.3. The van der Waals surface area contributed by atoms with Gasteiger partial charge in [-0.15, -0.1) is 0 Å². The van der Waals surface area contributed by atoms with E-state index < -0.39 is 11.4 Å². The molecule has 18 heavy (non-hydrogen) atoms. The summed E-state index contributed by atoms with van der Waals surface area (Å²) in [4.78, 5) is 23.0. The number of hydrogen-bond acceptors (Lipinski definition) is 3. The quantitative estimate of drug-likeness (QED) is 0.793. The molecule has 1 amide bonds. The number of amides is 1. The molecule has 0 heterocycles. The number of aliphatic carboxylic acids is 1. The summed E-state index contributed by atoms with van der Waals surface area (Å²) in [5.41, 5.74) is -0.860. The molecule has 2 saturated carbocycles. The van der Waals surface area contributed by atoms with Gasteiger partial charge in [0.15, 0.2) is 0 Å². The standard InChI is InChI=1S/C13H18N2O3/c14-8-13(5-1-2-6-13)12(18)15-10-4-3-9(7-10)11(16)17/h9-10H,1-7H2,(H,15,18)(H,16,17). The molecule has 2 rings (SSSR count). The highest BCUT2D eigenvalue weighted by Gasteiger charge is 2.43. The SMILES string of the molecule is N#CC1(C(=O)NC2CCC(C(=O)O)C2)CCCC1. The van der Waals surface area contributed by atoms with Crippen molar-refractivity contribution in [2.24, 2.45) is 11.3 Å². The Hall–Kier alpha value is -1.57. The summed E-state index contributed by atoms with van der Waals surface area (Å²) in [6, 6.07) is 2.08. The number of hydrogen-bond donors (Lipinski definition) is 2. The summed E-state index contributed by atoms with van der Waals surface area (Å²) in [5.74, 6) is -1.34. The molecule has 0 aromatic carbocycles. The number of carboxylic acid groups (broad SMARTS) is 1. The first kappa shape index (κ1) is 12.9. The van der Waals surface area contributed by atoms with Gasteiger partial charge in [-0.2, -0.15) is 5.26 Å². The molecule has 5 heteroatoms. The van der Waals surface area contributed by atoms with E-state index in [9.17, 15) is 14.9 Å². The Bertz CT molecular complexity index is 394. The second-order valence-electron chi connectivity index (χ2n) is 5.42. The van der Waals surface area contributed by atoms with E-state index in [0.29, 0.717) is 32.1 Å². The zero-order chi connectivity index (χ0) is 13.2. The van der Waals surface area contributed by atoms with Crippen LogP contribution in [0.5, 0.6) is 0 Å². The molecule has 5 nitrogen and oxygen atoms in total. The fourth-order valence-corrected chi connectivity index (χ4v) is 3.03. The lowest BCUT2D eigenvalue weighted by Crippen LogP contribution is -2.43. The van der Waals surface area contributed by atoms with Crippen LogP contribution in [0, 0.1) is 22.7 Å². The van der Waals surface area contributed by atoms with Crippen LogP contribution >= 0.6 is 0 Å². The Morgan fingerprint density at radius 3 is 2.44 bits per heavy atom. The maximum absolute atomic E-state index is 12.1. The summed E-state index contributed by atoms with van der Waals surface area (Å²) < 4.78 is 0. The van der Waals surface area contributed by atoms with Gasteiger partial charge in [-0.25, -0.2) is 0 Å². The maximum atomic E-state index is 12.1. The molecule has 2 aliphatic rings. The number of carbonyl (C=O) groups is 2. The largest absolute Gasteiger partial charge is 0.481 e. The van der Waals surface area contributed by atoms with Crippen molar-refractivity contribution in [2.45, 2.75) is 51.0 Å². The van der Waals surface area contributed by atoms with Gasteiger partial charge in [0.2, 0.25) is 5.91 Å². The molecule has 2 aliphatic carbocycles. The van der Waals surface area contributed by atoms with Crippen LogP contribution < -0.4 is 5.32 Å². The average Bonchev–Trinajstić information content (AvgIpc) is 2.97. The van der Waals surface area contributed by atoms with E-state index in [1.165, 1.54) is 0 Å². The highest BCUT2D eigenvalue weighted by Crippen LogP contribution is 2.38. The lowest BCUT2D eigenvalue weighted by atomic mass is 9.86. The summed E-state index contributed by atoms with van der Waals surface area (Å²) in [7, 11) is 0. The molecule has 0 spiro atoms. The van der Waals surface area contributed by atoms with Crippen molar-refractivity contribution in [3.05, 3.63) is 0 Å². The Balaban J connectivity index is 1.93. The van der Waals surface area contributed by atoms with Crippen molar-refractivity contribution in [3.8, 4) is 6.07 Å². The summed E-state index contributed by atoms with van der Waals surface area (Å²) >= 11 is 0. The third kappa shape index (κ3) is 2.33. The van der Waals surface area contributed by atoms with Gasteiger partial charge in [-0.3, -0.25) is 9.59 Å². The van der Waals surface area contributed by atoms with Gasteiger partial charge >= 0.3 is 5.97 Å². The van der Waals surface area contributed by atoms with E-state index in [1.807, 2.05) is 0 Å². The van der Waals surface area contributed by atoms with Crippen LogP contribution in [0.3, 0.4) is 0 Å². The van der Waals surface area contributed by atoms with Gasteiger partial charge in [0.25, 0.3) is 0 Å². The van der Waals surface area contributed by atoms with Crippen LogP contribution in [0.2, 0.25) is 0 Å². The number of nitrogens with one attached hydrogen (secondary N) is 1. The van der Waals surface area contributed by atoms with Crippen molar-refractivity contribution in [1.82, 2.24) is 5.32 Å². The molecule has 0 radical (unpaired) electrons. The molecule has 0 saturated heterocycles. The number of rotatable bonds is 3. The molecule has 0 aromatic rings. The summed E-state index contributed by atoms with van der Waals surface area (Å²) in [5, 5.41) is 21.0. The Morgan fingerprint density at radius 2 is 1.94 bits per heavy atom. The first-order valence-electron chi connectivity index (χ1n) is 6.52. The molecule has 2 unspecified atom stereocenters. The minimum atomic E-state index is -0.860. The second kappa shape index (κ2) is 4.97. The number of nitrogens with zero attached hydrogens (tertiary/aromatic N) is 1. The molecule has 0 aliphatic heterocycles. The normalized spacial score (nSPS) is 29.7. The van der Waals surface area contributed by atoms with Gasteiger partial charge in [0, 0.05) is 6.04 Å². The van der Waals surface area contributed by atoms with E-state index in [0.717, 1.165) is 12.8 Å². The van der Waals surface area contributed by atoms with Gasteiger partial charge in [0.05, 0.1) is 12.0 Å². The first-order chi connectivity index (χ1) is 8.57. The minimum absolute atomic E-state index is 0.0792. The third-order valence-corrected chi connectivity index (χ3v) is 4.22. The van der Waals surface area contributed by atoms with Crippen molar-refractivity contribution in [3.63, 3.8) is 0 Å². The predicted molar refractivity (Wildman–Crippen MR) is 63.4 cm³/mol. The predicted octanol–water partition coefficient (Wildman–Crippen LogP) is 1.44. The van der Waals surface area contributed by atoms with E-state index in [-0.39, 0.29) is 17.9 Å². The monoisotopic (exact) mass is 250 g/mol. The van der Waals surface area contributed by atoms with Gasteiger partial charge in [0.1, 0.15) is 5.41 Å². The molecule has 98 valence electrons.